The number of halogens is 2. The lowest BCUT2D eigenvalue weighted by Crippen LogP contribution is -2.43. The highest BCUT2D eigenvalue weighted by molar-refractivity contribution is 5.73. The first kappa shape index (κ1) is 10.9. The standard InChI is InChI=1S/C11H11F2NO2/c12-6-1-3-8(13)10(5-6)14-9-4-2-7(9)11(15)16/h1,3,5,7,9,14H,2,4H2,(H,15,16). The van der Waals surface area contributed by atoms with Crippen molar-refractivity contribution in [2.45, 2.75) is 18.9 Å². The molecule has 0 spiro atoms. The molecule has 0 radical (unpaired) electrons. The van der Waals surface area contributed by atoms with Gasteiger partial charge in [0.25, 0.3) is 0 Å². The topological polar surface area (TPSA) is 49.3 Å². The Balaban J connectivity index is 2.09. The molecule has 0 aromatic heterocycles. The van der Waals surface area contributed by atoms with Crippen molar-refractivity contribution in [2.24, 2.45) is 5.92 Å². The van der Waals surface area contributed by atoms with E-state index in [4.69, 9.17) is 5.11 Å². The molecule has 5 heteroatoms. The molecule has 2 unspecified atom stereocenters. The molecule has 0 bridgehead atoms. The van der Waals surface area contributed by atoms with Crippen molar-refractivity contribution < 1.29 is 18.7 Å². The van der Waals surface area contributed by atoms with Crippen LogP contribution in [0.25, 0.3) is 0 Å². The van der Waals surface area contributed by atoms with Gasteiger partial charge >= 0.3 is 5.97 Å². The fourth-order valence-electron chi connectivity index (χ4n) is 1.78. The Morgan fingerprint density at radius 3 is 2.69 bits per heavy atom. The lowest BCUT2D eigenvalue weighted by Gasteiger charge is -2.34. The number of hydrogen-bond donors (Lipinski definition) is 2. The van der Waals surface area contributed by atoms with Crippen LogP contribution in [0.2, 0.25) is 0 Å². The van der Waals surface area contributed by atoms with E-state index in [1.165, 1.54) is 0 Å². The summed E-state index contributed by atoms with van der Waals surface area (Å²) in [4.78, 5) is 10.7. The van der Waals surface area contributed by atoms with E-state index in [2.05, 4.69) is 5.32 Å². The fourth-order valence-corrected chi connectivity index (χ4v) is 1.78. The molecule has 1 fully saturated rings. The molecule has 1 aliphatic carbocycles. The first-order valence-corrected chi connectivity index (χ1v) is 5.02. The van der Waals surface area contributed by atoms with Crippen molar-refractivity contribution in [1.82, 2.24) is 0 Å². The van der Waals surface area contributed by atoms with Gasteiger partial charge in [0.1, 0.15) is 11.6 Å². The number of benzene rings is 1. The monoisotopic (exact) mass is 227 g/mol. The van der Waals surface area contributed by atoms with Crippen LogP contribution in [0.15, 0.2) is 18.2 Å². The van der Waals surface area contributed by atoms with Crippen molar-refractivity contribution in [2.75, 3.05) is 5.32 Å². The van der Waals surface area contributed by atoms with Crippen molar-refractivity contribution >= 4 is 11.7 Å². The summed E-state index contributed by atoms with van der Waals surface area (Å²) in [6, 6.07) is 2.77. The summed E-state index contributed by atoms with van der Waals surface area (Å²) < 4.78 is 26.1. The second-order valence-electron chi connectivity index (χ2n) is 3.90. The number of carboxylic acids is 1. The van der Waals surface area contributed by atoms with Gasteiger partial charge in [-0.05, 0) is 31.0 Å². The Hall–Kier alpha value is -1.65. The van der Waals surface area contributed by atoms with E-state index >= 15 is 0 Å². The maximum absolute atomic E-state index is 13.2. The number of carbonyl (C=O) groups is 1. The van der Waals surface area contributed by atoms with Crippen molar-refractivity contribution in [3.05, 3.63) is 29.8 Å². The number of nitrogens with one attached hydrogen (secondary N) is 1. The first-order valence-electron chi connectivity index (χ1n) is 5.02. The zero-order valence-corrected chi connectivity index (χ0v) is 8.41. The average Bonchev–Trinajstić information content (AvgIpc) is 2.16. The van der Waals surface area contributed by atoms with Crippen LogP contribution in [0.3, 0.4) is 0 Å². The van der Waals surface area contributed by atoms with Gasteiger partial charge in [0.2, 0.25) is 0 Å². The minimum Gasteiger partial charge on any atom is -0.481 e. The van der Waals surface area contributed by atoms with Crippen LogP contribution in [-0.2, 0) is 4.79 Å². The number of rotatable bonds is 3. The van der Waals surface area contributed by atoms with Gasteiger partial charge in [-0.15, -0.1) is 0 Å². The third kappa shape index (κ3) is 1.98. The third-order valence-corrected chi connectivity index (χ3v) is 2.86. The summed E-state index contributed by atoms with van der Waals surface area (Å²) in [6.07, 6.45) is 1.23. The lowest BCUT2D eigenvalue weighted by atomic mass is 9.79. The van der Waals surface area contributed by atoms with E-state index in [9.17, 15) is 13.6 Å². The van der Waals surface area contributed by atoms with Crippen LogP contribution >= 0.6 is 0 Å². The number of hydrogen-bond acceptors (Lipinski definition) is 2. The van der Waals surface area contributed by atoms with E-state index in [1.807, 2.05) is 0 Å². The van der Waals surface area contributed by atoms with Gasteiger partial charge in [-0.2, -0.15) is 0 Å². The molecule has 1 aliphatic rings. The Kier molecular flexibility index (Phi) is 2.77. The van der Waals surface area contributed by atoms with E-state index in [0.717, 1.165) is 18.2 Å². The molecule has 3 nitrogen and oxygen atoms in total. The van der Waals surface area contributed by atoms with Gasteiger partial charge in [-0.3, -0.25) is 4.79 Å². The van der Waals surface area contributed by atoms with Crippen LogP contribution in [-0.4, -0.2) is 17.1 Å². The zero-order valence-electron chi connectivity index (χ0n) is 8.41. The molecule has 0 heterocycles. The predicted molar refractivity (Wildman–Crippen MR) is 54.1 cm³/mol. The second-order valence-corrected chi connectivity index (χ2v) is 3.90. The summed E-state index contributed by atoms with van der Waals surface area (Å²) in [6.45, 7) is 0. The fraction of sp³-hybridized carbons (Fsp3) is 0.364. The maximum Gasteiger partial charge on any atom is 0.308 e. The molecule has 1 saturated carbocycles. The smallest absolute Gasteiger partial charge is 0.308 e. The van der Waals surface area contributed by atoms with Gasteiger partial charge in [0.05, 0.1) is 11.6 Å². The van der Waals surface area contributed by atoms with E-state index in [1.54, 1.807) is 0 Å². The van der Waals surface area contributed by atoms with Gasteiger partial charge in [-0.1, -0.05) is 0 Å². The minimum atomic E-state index is -0.902. The molecule has 0 saturated heterocycles. The molecule has 2 atom stereocenters. The summed E-state index contributed by atoms with van der Waals surface area (Å²) in [5.41, 5.74) is 0.0240. The highest BCUT2D eigenvalue weighted by Gasteiger charge is 2.36. The summed E-state index contributed by atoms with van der Waals surface area (Å²) >= 11 is 0. The molecular formula is C11H11F2NO2. The molecule has 86 valence electrons. The molecule has 2 N–H and O–H groups in total. The van der Waals surface area contributed by atoms with Crippen molar-refractivity contribution in [3.8, 4) is 0 Å². The minimum absolute atomic E-state index is 0.0240. The van der Waals surface area contributed by atoms with Gasteiger partial charge < -0.3 is 10.4 Å². The highest BCUT2D eigenvalue weighted by Crippen LogP contribution is 2.31. The first-order chi connectivity index (χ1) is 7.58. The van der Waals surface area contributed by atoms with Gasteiger partial charge in [0.15, 0.2) is 0 Å². The van der Waals surface area contributed by atoms with Crippen LogP contribution in [0.5, 0.6) is 0 Å². The average molecular weight is 227 g/mol. The Morgan fingerprint density at radius 2 is 2.12 bits per heavy atom. The zero-order chi connectivity index (χ0) is 11.7. The molecule has 0 amide bonds. The highest BCUT2D eigenvalue weighted by atomic mass is 19.1. The SMILES string of the molecule is O=C(O)C1CCC1Nc1cc(F)ccc1F. The van der Waals surface area contributed by atoms with E-state index in [-0.39, 0.29) is 11.7 Å². The van der Waals surface area contributed by atoms with Gasteiger partial charge in [-0.25, -0.2) is 8.78 Å². The molecule has 2 rings (SSSR count). The van der Waals surface area contributed by atoms with Crippen molar-refractivity contribution in [1.29, 1.82) is 0 Å². The Morgan fingerprint density at radius 1 is 1.38 bits per heavy atom. The van der Waals surface area contributed by atoms with Gasteiger partial charge in [0, 0.05) is 6.04 Å². The van der Waals surface area contributed by atoms with Crippen LogP contribution in [0, 0.1) is 17.6 Å². The third-order valence-electron chi connectivity index (χ3n) is 2.86. The number of anilines is 1. The molecule has 0 aliphatic heterocycles. The summed E-state index contributed by atoms with van der Waals surface area (Å²) in [7, 11) is 0. The van der Waals surface area contributed by atoms with E-state index in [0.29, 0.717) is 12.8 Å². The van der Waals surface area contributed by atoms with Crippen LogP contribution in [0.1, 0.15) is 12.8 Å². The van der Waals surface area contributed by atoms with E-state index < -0.39 is 23.5 Å². The molecule has 16 heavy (non-hydrogen) atoms. The summed E-state index contributed by atoms with van der Waals surface area (Å²) in [5.74, 6) is -2.53. The molecule has 1 aromatic rings. The second kappa shape index (κ2) is 4.08. The van der Waals surface area contributed by atoms with Crippen molar-refractivity contribution in [3.63, 3.8) is 0 Å². The Labute approximate surface area is 91.1 Å². The lowest BCUT2D eigenvalue weighted by molar-refractivity contribution is -0.144. The molecule has 1 aromatic carbocycles. The normalized spacial score (nSPS) is 23.6. The predicted octanol–water partition coefficient (Wildman–Crippen LogP) is 2.24. The number of carboxylic acid groups (broad SMARTS) is 1. The molecular weight excluding hydrogens is 216 g/mol. The largest absolute Gasteiger partial charge is 0.481 e. The summed E-state index contributed by atoms with van der Waals surface area (Å²) in [5, 5.41) is 11.5. The Bertz CT molecular complexity index is 422. The maximum atomic E-state index is 13.2. The number of aliphatic carboxylic acids is 1. The quantitative estimate of drug-likeness (QED) is 0.832. The van der Waals surface area contributed by atoms with Crippen LogP contribution in [0.4, 0.5) is 14.5 Å². The van der Waals surface area contributed by atoms with Crippen LogP contribution < -0.4 is 5.32 Å².